The molecular formula is C23H22ClN3O3S. The quantitative estimate of drug-likeness (QED) is 0.621. The maximum Gasteiger partial charge on any atom is 0.251 e. The van der Waals surface area contributed by atoms with E-state index >= 15 is 0 Å². The fourth-order valence-electron chi connectivity index (χ4n) is 4.26. The molecule has 3 aromatic rings. The molecule has 31 heavy (non-hydrogen) atoms. The SMILES string of the molecule is CN1CCc2c(sc(NC(=O)C3c4ccccc4Oc4ccccc43)c2C(N)=O)C1.Cl. The fourth-order valence-corrected chi connectivity index (χ4v) is 5.59. The van der Waals surface area contributed by atoms with E-state index in [0.717, 1.165) is 41.1 Å². The minimum Gasteiger partial charge on any atom is -0.457 e. The Morgan fingerprint density at radius 2 is 1.71 bits per heavy atom. The molecule has 3 heterocycles. The molecular weight excluding hydrogens is 434 g/mol. The Hall–Kier alpha value is -2.87. The molecule has 6 nitrogen and oxygen atoms in total. The van der Waals surface area contributed by atoms with Crippen molar-refractivity contribution in [2.75, 3.05) is 18.9 Å². The minimum atomic E-state index is -0.534. The molecule has 1 aromatic heterocycles. The second kappa shape index (κ2) is 8.34. The zero-order chi connectivity index (χ0) is 20.8. The third-order valence-corrected chi connectivity index (χ3v) is 6.81. The van der Waals surface area contributed by atoms with Gasteiger partial charge in [0.15, 0.2) is 0 Å². The number of carbonyl (C=O) groups excluding carboxylic acids is 2. The van der Waals surface area contributed by atoms with E-state index in [1.807, 2.05) is 55.6 Å². The Labute approximate surface area is 190 Å². The Morgan fingerprint density at radius 1 is 1.10 bits per heavy atom. The van der Waals surface area contributed by atoms with E-state index in [-0.39, 0.29) is 18.3 Å². The molecule has 0 fully saturated rings. The van der Waals surface area contributed by atoms with Gasteiger partial charge < -0.3 is 20.7 Å². The average molecular weight is 456 g/mol. The van der Waals surface area contributed by atoms with Crippen LogP contribution in [0, 0.1) is 0 Å². The fraction of sp³-hybridized carbons (Fsp3) is 0.217. The first-order chi connectivity index (χ1) is 14.5. The smallest absolute Gasteiger partial charge is 0.251 e. The number of para-hydroxylation sites is 2. The lowest BCUT2D eigenvalue weighted by Crippen LogP contribution is -2.27. The van der Waals surface area contributed by atoms with Gasteiger partial charge in [-0.05, 0) is 31.2 Å². The van der Waals surface area contributed by atoms with Gasteiger partial charge >= 0.3 is 0 Å². The van der Waals surface area contributed by atoms with Gasteiger partial charge in [-0.15, -0.1) is 23.7 Å². The molecule has 8 heteroatoms. The van der Waals surface area contributed by atoms with E-state index in [4.69, 9.17) is 10.5 Å². The van der Waals surface area contributed by atoms with Crippen LogP contribution in [0.1, 0.15) is 37.8 Å². The van der Waals surface area contributed by atoms with Crippen LogP contribution in [-0.4, -0.2) is 30.3 Å². The molecule has 0 saturated heterocycles. The van der Waals surface area contributed by atoms with E-state index < -0.39 is 11.8 Å². The number of nitrogens with zero attached hydrogens (tertiary/aromatic N) is 1. The predicted octanol–water partition coefficient (Wildman–Crippen LogP) is 4.13. The minimum absolute atomic E-state index is 0. The van der Waals surface area contributed by atoms with Crippen molar-refractivity contribution in [3.05, 3.63) is 75.7 Å². The van der Waals surface area contributed by atoms with Crippen molar-refractivity contribution in [2.45, 2.75) is 18.9 Å². The number of rotatable bonds is 3. The molecule has 0 radical (unpaired) electrons. The Balaban J connectivity index is 0.00000231. The number of amides is 2. The number of halogens is 1. The summed E-state index contributed by atoms with van der Waals surface area (Å²) in [6.45, 7) is 1.61. The van der Waals surface area contributed by atoms with E-state index in [9.17, 15) is 9.59 Å². The van der Waals surface area contributed by atoms with Crippen LogP contribution in [0.4, 0.5) is 5.00 Å². The number of carbonyl (C=O) groups is 2. The Kier molecular flexibility index (Phi) is 5.75. The van der Waals surface area contributed by atoms with Crippen LogP contribution < -0.4 is 15.8 Å². The highest BCUT2D eigenvalue weighted by molar-refractivity contribution is 7.17. The molecule has 0 saturated carbocycles. The molecule has 2 aliphatic rings. The molecule has 160 valence electrons. The van der Waals surface area contributed by atoms with Gasteiger partial charge in [-0.3, -0.25) is 9.59 Å². The molecule has 3 N–H and O–H groups in total. The maximum absolute atomic E-state index is 13.5. The number of primary amides is 1. The molecule has 0 unspecified atom stereocenters. The summed E-state index contributed by atoms with van der Waals surface area (Å²) in [6.07, 6.45) is 0.749. The molecule has 2 aromatic carbocycles. The molecule has 2 amide bonds. The standard InChI is InChI=1S/C23H21N3O3S.ClH/c1-26-11-10-15-18(12-26)30-23(20(15)21(24)27)25-22(28)19-13-6-2-4-8-16(13)29-17-9-5-3-7-14(17)19;/h2-9,19H,10-12H2,1H3,(H2,24,27)(H,25,28);1H. The third kappa shape index (κ3) is 3.69. The van der Waals surface area contributed by atoms with E-state index in [0.29, 0.717) is 22.1 Å². The van der Waals surface area contributed by atoms with Crippen molar-refractivity contribution in [1.29, 1.82) is 0 Å². The van der Waals surface area contributed by atoms with Crippen molar-refractivity contribution >= 4 is 40.6 Å². The number of ether oxygens (including phenoxy) is 1. The summed E-state index contributed by atoms with van der Waals surface area (Å²) in [5.41, 5.74) is 8.73. The van der Waals surface area contributed by atoms with Gasteiger partial charge in [-0.1, -0.05) is 36.4 Å². The van der Waals surface area contributed by atoms with Crippen molar-refractivity contribution < 1.29 is 14.3 Å². The van der Waals surface area contributed by atoms with Crippen molar-refractivity contribution in [2.24, 2.45) is 5.73 Å². The maximum atomic E-state index is 13.5. The number of nitrogens with one attached hydrogen (secondary N) is 1. The van der Waals surface area contributed by atoms with Crippen LogP contribution in [0.5, 0.6) is 11.5 Å². The number of hydrogen-bond acceptors (Lipinski definition) is 5. The highest BCUT2D eigenvalue weighted by Gasteiger charge is 2.34. The first-order valence-corrected chi connectivity index (χ1v) is 10.6. The second-order valence-corrected chi connectivity index (χ2v) is 8.77. The summed E-state index contributed by atoms with van der Waals surface area (Å²) < 4.78 is 5.99. The molecule has 2 aliphatic heterocycles. The number of hydrogen-bond donors (Lipinski definition) is 2. The van der Waals surface area contributed by atoms with Crippen LogP contribution in [0.3, 0.4) is 0 Å². The highest BCUT2D eigenvalue weighted by Crippen LogP contribution is 2.45. The first kappa shape index (κ1) is 21.4. The summed E-state index contributed by atoms with van der Waals surface area (Å²) >= 11 is 1.44. The van der Waals surface area contributed by atoms with Crippen molar-refractivity contribution in [1.82, 2.24) is 4.90 Å². The summed E-state index contributed by atoms with van der Waals surface area (Å²) in [7, 11) is 2.04. The molecule has 0 bridgehead atoms. The zero-order valence-electron chi connectivity index (χ0n) is 16.9. The number of likely N-dealkylation sites (N-methyl/N-ethyl adjacent to an activating group) is 1. The van der Waals surface area contributed by atoms with Gasteiger partial charge in [0.25, 0.3) is 5.91 Å². The number of benzene rings is 2. The van der Waals surface area contributed by atoms with Gasteiger partial charge in [-0.2, -0.15) is 0 Å². The number of thiophene rings is 1. The number of fused-ring (bicyclic) bond motifs is 3. The molecule has 0 aliphatic carbocycles. The van der Waals surface area contributed by atoms with Gasteiger partial charge in [0.1, 0.15) is 16.5 Å². The van der Waals surface area contributed by atoms with Crippen LogP contribution in [0.15, 0.2) is 48.5 Å². The molecule has 5 rings (SSSR count). The van der Waals surface area contributed by atoms with Crippen LogP contribution in [0.2, 0.25) is 0 Å². The normalized spacial score (nSPS) is 15.0. The van der Waals surface area contributed by atoms with Crippen molar-refractivity contribution in [3.8, 4) is 11.5 Å². The van der Waals surface area contributed by atoms with Crippen molar-refractivity contribution in [3.63, 3.8) is 0 Å². The third-order valence-electron chi connectivity index (χ3n) is 5.67. The Morgan fingerprint density at radius 3 is 2.32 bits per heavy atom. The van der Waals surface area contributed by atoms with E-state index in [1.54, 1.807) is 0 Å². The van der Waals surface area contributed by atoms with E-state index in [1.165, 1.54) is 11.3 Å². The number of nitrogens with two attached hydrogens (primary N) is 1. The van der Waals surface area contributed by atoms with Gasteiger partial charge in [0, 0.05) is 29.1 Å². The zero-order valence-corrected chi connectivity index (χ0v) is 18.5. The van der Waals surface area contributed by atoms with Crippen LogP contribution in [0.25, 0.3) is 0 Å². The Bertz CT molecular complexity index is 1130. The molecule has 0 atom stereocenters. The number of anilines is 1. The van der Waals surface area contributed by atoms with Gasteiger partial charge in [-0.25, -0.2) is 0 Å². The largest absolute Gasteiger partial charge is 0.457 e. The topological polar surface area (TPSA) is 84.7 Å². The summed E-state index contributed by atoms with van der Waals surface area (Å²) in [4.78, 5) is 29.0. The summed E-state index contributed by atoms with van der Waals surface area (Å²) in [5, 5.41) is 3.56. The summed E-state index contributed by atoms with van der Waals surface area (Å²) in [6, 6.07) is 15.1. The highest BCUT2D eigenvalue weighted by atomic mass is 35.5. The predicted molar refractivity (Wildman–Crippen MR) is 124 cm³/mol. The van der Waals surface area contributed by atoms with E-state index in [2.05, 4.69) is 10.2 Å². The second-order valence-electron chi connectivity index (χ2n) is 7.66. The summed E-state index contributed by atoms with van der Waals surface area (Å²) in [5.74, 6) is 0.0959. The monoisotopic (exact) mass is 455 g/mol. The lowest BCUT2D eigenvalue weighted by Gasteiger charge is -2.27. The average Bonchev–Trinajstić information content (AvgIpc) is 3.08. The first-order valence-electron chi connectivity index (χ1n) is 9.82. The lowest BCUT2D eigenvalue weighted by atomic mass is 9.87. The van der Waals surface area contributed by atoms with Gasteiger partial charge in [0.2, 0.25) is 5.91 Å². The molecule has 0 spiro atoms. The lowest BCUT2D eigenvalue weighted by molar-refractivity contribution is -0.116. The van der Waals surface area contributed by atoms with Gasteiger partial charge in [0.05, 0.1) is 11.5 Å². The van der Waals surface area contributed by atoms with Crippen LogP contribution in [-0.2, 0) is 17.8 Å². The van der Waals surface area contributed by atoms with Crippen LogP contribution >= 0.6 is 23.7 Å².